The number of hydrogen-bond donors (Lipinski definition) is 2. The zero-order valence-electron chi connectivity index (χ0n) is 18.0. The van der Waals surface area contributed by atoms with Gasteiger partial charge >= 0.3 is 0 Å². The summed E-state index contributed by atoms with van der Waals surface area (Å²) in [5.74, 6) is -2.03. The van der Waals surface area contributed by atoms with Gasteiger partial charge in [-0.15, -0.1) is 0 Å². The molecule has 34 heavy (non-hydrogen) atoms. The minimum absolute atomic E-state index is 0.0339. The van der Waals surface area contributed by atoms with Gasteiger partial charge in [0, 0.05) is 12.5 Å². The molecular formula is C24H21ClF2N4O3. The van der Waals surface area contributed by atoms with Gasteiger partial charge in [0.2, 0.25) is 0 Å². The lowest BCUT2D eigenvalue weighted by Crippen LogP contribution is -2.27. The van der Waals surface area contributed by atoms with E-state index in [0.717, 1.165) is 25.3 Å². The topological polar surface area (TPSA) is 108 Å². The number of fused-ring (bicyclic) bond motifs is 1. The van der Waals surface area contributed by atoms with E-state index in [2.05, 4.69) is 21.4 Å². The Morgan fingerprint density at radius 2 is 2.06 bits per heavy atom. The molecule has 1 aliphatic carbocycles. The van der Waals surface area contributed by atoms with Crippen LogP contribution in [0.5, 0.6) is 5.75 Å². The van der Waals surface area contributed by atoms with Crippen molar-refractivity contribution < 1.29 is 18.3 Å². The van der Waals surface area contributed by atoms with Gasteiger partial charge in [-0.25, -0.2) is 13.8 Å². The molecule has 3 aromatic rings. The lowest BCUT2D eigenvalue weighted by Gasteiger charge is -2.13. The fraction of sp³-hybridized carbons (Fsp3) is 0.333. The lowest BCUT2D eigenvalue weighted by atomic mass is 10.0. The predicted octanol–water partition coefficient (Wildman–Crippen LogP) is 4.49. The first-order valence-electron chi connectivity index (χ1n) is 10.8. The maximum atomic E-state index is 14.5. The number of benzene rings is 2. The quantitative estimate of drug-likeness (QED) is 0.511. The van der Waals surface area contributed by atoms with Crippen LogP contribution in [0.1, 0.15) is 41.9 Å². The van der Waals surface area contributed by atoms with Crippen molar-refractivity contribution in [3.63, 3.8) is 0 Å². The van der Waals surface area contributed by atoms with Gasteiger partial charge in [0.15, 0.2) is 17.4 Å². The number of aromatic amines is 1. The molecule has 2 N–H and O–H groups in total. The first-order chi connectivity index (χ1) is 16.4. The maximum Gasteiger partial charge on any atom is 0.287 e. The van der Waals surface area contributed by atoms with Gasteiger partial charge in [0.25, 0.3) is 11.5 Å². The summed E-state index contributed by atoms with van der Waals surface area (Å²) in [5, 5.41) is 11.4. The Kier molecular flexibility index (Phi) is 7.08. The van der Waals surface area contributed by atoms with Crippen molar-refractivity contribution in [1.82, 2.24) is 15.3 Å². The van der Waals surface area contributed by atoms with Gasteiger partial charge in [0.1, 0.15) is 11.2 Å². The minimum atomic E-state index is -0.708. The summed E-state index contributed by atoms with van der Waals surface area (Å²) in [6.45, 7) is 0.229. The highest BCUT2D eigenvalue weighted by molar-refractivity contribution is 6.30. The SMILES string of the molecule is N#CC1CCC(CCOc2c(F)ccc3nc(C(=O)NCc4ccc(F)c(Cl)c4)[nH]c(=O)c23)C1. The highest BCUT2D eigenvalue weighted by atomic mass is 35.5. The summed E-state index contributed by atoms with van der Waals surface area (Å²) in [7, 11) is 0. The monoisotopic (exact) mass is 486 g/mol. The van der Waals surface area contributed by atoms with Crippen LogP contribution < -0.4 is 15.6 Å². The van der Waals surface area contributed by atoms with Crippen molar-refractivity contribution in [2.45, 2.75) is 32.2 Å². The fourth-order valence-electron chi connectivity index (χ4n) is 4.12. The van der Waals surface area contributed by atoms with E-state index in [1.165, 1.54) is 24.3 Å². The van der Waals surface area contributed by atoms with Crippen molar-refractivity contribution in [2.24, 2.45) is 11.8 Å². The van der Waals surface area contributed by atoms with Crippen LogP contribution in [0.2, 0.25) is 5.02 Å². The summed E-state index contributed by atoms with van der Waals surface area (Å²) in [6.07, 6.45) is 3.21. The first-order valence-corrected chi connectivity index (χ1v) is 11.2. The van der Waals surface area contributed by atoms with Crippen LogP contribution in [-0.4, -0.2) is 22.5 Å². The second kappa shape index (κ2) is 10.2. The molecule has 10 heteroatoms. The molecule has 1 saturated carbocycles. The van der Waals surface area contributed by atoms with E-state index in [4.69, 9.17) is 21.6 Å². The summed E-state index contributed by atoms with van der Waals surface area (Å²) in [4.78, 5) is 31.7. The molecule has 7 nitrogen and oxygen atoms in total. The van der Waals surface area contributed by atoms with E-state index in [9.17, 15) is 18.4 Å². The third-order valence-corrected chi connectivity index (χ3v) is 6.22. The number of aromatic nitrogens is 2. The van der Waals surface area contributed by atoms with Crippen molar-refractivity contribution in [2.75, 3.05) is 6.61 Å². The van der Waals surface area contributed by atoms with Crippen LogP contribution in [0.3, 0.4) is 0 Å². The minimum Gasteiger partial charge on any atom is -0.490 e. The van der Waals surface area contributed by atoms with Gasteiger partial charge < -0.3 is 15.0 Å². The number of amides is 1. The van der Waals surface area contributed by atoms with E-state index in [0.29, 0.717) is 17.9 Å². The number of carbonyl (C=O) groups is 1. The van der Waals surface area contributed by atoms with Crippen LogP contribution in [-0.2, 0) is 6.54 Å². The van der Waals surface area contributed by atoms with Crippen LogP contribution >= 0.6 is 11.6 Å². The number of hydrogen-bond acceptors (Lipinski definition) is 5. The molecule has 4 rings (SSSR count). The number of nitrogens with one attached hydrogen (secondary N) is 2. The van der Waals surface area contributed by atoms with Crippen LogP contribution in [0.25, 0.3) is 10.9 Å². The number of nitriles is 1. The highest BCUT2D eigenvalue weighted by Gasteiger charge is 2.24. The lowest BCUT2D eigenvalue weighted by molar-refractivity contribution is 0.0940. The first kappa shape index (κ1) is 23.6. The predicted molar refractivity (Wildman–Crippen MR) is 121 cm³/mol. The summed E-state index contributed by atoms with van der Waals surface area (Å²) >= 11 is 5.74. The van der Waals surface area contributed by atoms with E-state index < -0.39 is 23.1 Å². The van der Waals surface area contributed by atoms with Gasteiger partial charge in [-0.1, -0.05) is 17.7 Å². The molecule has 1 aliphatic rings. The normalized spacial score (nSPS) is 17.5. The molecule has 0 aliphatic heterocycles. The van der Waals surface area contributed by atoms with Crippen LogP contribution in [0, 0.1) is 34.8 Å². The number of H-pyrrole nitrogens is 1. The Morgan fingerprint density at radius 1 is 1.26 bits per heavy atom. The fourth-order valence-corrected chi connectivity index (χ4v) is 4.33. The molecule has 2 aromatic carbocycles. The molecule has 0 bridgehead atoms. The molecule has 1 amide bonds. The summed E-state index contributed by atoms with van der Waals surface area (Å²) in [6, 6.07) is 8.74. The number of rotatable bonds is 7. The zero-order valence-corrected chi connectivity index (χ0v) is 18.8. The van der Waals surface area contributed by atoms with Crippen LogP contribution in [0.15, 0.2) is 35.1 Å². The number of nitrogens with zero attached hydrogens (tertiary/aromatic N) is 2. The van der Waals surface area contributed by atoms with E-state index in [-0.39, 0.29) is 46.6 Å². The van der Waals surface area contributed by atoms with Gasteiger partial charge in [-0.3, -0.25) is 9.59 Å². The second-order valence-corrected chi connectivity index (χ2v) is 8.67. The summed E-state index contributed by atoms with van der Waals surface area (Å²) in [5.41, 5.74) is -0.0376. The molecule has 0 spiro atoms. The third kappa shape index (κ3) is 5.18. The van der Waals surface area contributed by atoms with Crippen molar-refractivity contribution in [3.05, 3.63) is 68.7 Å². The zero-order chi connectivity index (χ0) is 24.2. The standard InChI is InChI=1S/C24H21ClF2N4O3/c25-16-10-15(3-4-17(16)26)12-29-24(33)22-30-19-6-5-18(27)21(20(19)23(32)31-22)34-8-7-13-1-2-14(9-13)11-28/h3-6,10,13-14H,1-2,7-9,12H2,(H,29,33)(H,30,31,32). The molecule has 1 heterocycles. The van der Waals surface area contributed by atoms with Gasteiger partial charge in [0.05, 0.1) is 23.2 Å². The molecule has 1 aromatic heterocycles. The Labute approximate surface area is 198 Å². The van der Waals surface area contributed by atoms with Crippen molar-refractivity contribution >= 4 is 28.4 Å². The van der Waals surface area contributed by atoms with Crippen molar-refractivity contribution in [1.29, 1.82) is 5.26 Å². The summed E-state index contributed by atoms with van der Waals surface area (Å²) < 4.78 is 33.4. The Hall–Kier alpha value is -3.51. The molecule has 0 saturated heterocycles. The Balaban J connectivity index is 1.48. The molecular weight excluding hydrogens is 466 g/mol. The molecule has 0 radical (unpaired) electrons. The number of halogens is 3. The number of ether oxygens (including phenoxy) is 1. The molecule has 176 valence electrons. The Bertz CT molecular complexity index is 1340. The van der Waals surface area contributed by atoms with E-state index in [1.54, 1.807) is 0 Å². The van der Waals surface area contributed by atoms with Gasteiger partial charge in [-0.2, -0.15) is 5.26 Å². The second-order valence-electron chi connectivity index (χ2n) is 8.26. The third-order valence-electron chi connectivity index (χ3n) is 5.93. The van der Waals surface area contributed by atoms with E-state index >= 15 is 0 Å². The largest absolute Gasteiger partial charge is 0.490 e. The number of carbonyl (C=O) groups excluding carboxylic acids is 1. The average Bonchev–Trinajstić information content (AvgIpc) is 3.29. The average molecular weight is 487 g/mol. The Morgan fingerprint density at radius 3 is 2.79 bits per heavy atom. The van der Waals surface area contributed by atoms with Gasteiger partial charge in [-0.05, 0) is 61.4 Å². The molecule has 2 unspecified atom stereocenters. The maximum absolute atomic E-state index is 14.5. The van der Waals surface area contributed by atoms with E-state index in [1.807, 2.05) is 0 Å². The van der Waals surface area contributed by atoms with Crippen LogP contribution in [0.4, 0.5) is 8.78 Å². The smallest absolute Gasteiger partial charge is 0.287 e. The molecule has 2 atom stereocenters. The molecule has 1 fully saturated rings. The van der Waals surface area contributed by atoms with Crippen molar-refractivity contribution in [3.8, 4) is 11.8 Å². The highest BCUT2D eigenvalue weighted by Crippen LogP contribution is 2.33.